The standard InChI is InChI=1S/C14H25NO3/c1-2-6-14(7-8-15-11-14)13(16)18-10-12-5-3-4-9-17-12/h12,15H,2-11H2,1H3. The fraction of sp³-hybridized carbons (Fsp3) is 0.929. The SMILES string of the molecule is CCCC1(C(=O)OCC2CCCCO2)CCNC1. The molecule has 2 rings (SSSR count). The Morgan fingerprint density at radius 3 is 3.00 bits per heavy atom. The molecule has 2 unspecified atom stereocenters. The molecule has 2 atom stereocenters. The van der Waals surface area contributed by atoms with Gasteiger partial charge >= 0.3 is 5.97 Å². The lowest BCUT2D eigenvalue weighted by molar-refractivity contribution is -0.160. The Kier molecular flexibility index (Phi) is 5.01. The molecule has 2 heterocycles. The summed E-state index contributed by atoms with van der Waals surface area (Å²) in [6.07, 6.45) is 6.31. The second-order valence-electron chi connectivity index (χ2n) is 5.54. The highest BCUT2D eigenvalue weighted by atomic mass is 16.6. The topological polar surface area (TPSA) is 47.6 Å². The third-order valence-electron chi connectivity index (χ3n) is 4.08. The Balaban J connectivity index is 1.81. The van der Waals surface area contributed by atoms with Crippen LogP contribution in [0.2, 0.25) is 0 Å². The summed E-state index contributed by atoms with van der Waals surface area (Å²) in [5.41, 5.74) is -0.274. The first-order valence-corrected chi connectivity index (χ1v) is 7.26. The van der Waals surface area contributed by atoms with E-state index in [9.17, 15) is 4.79 Å². The lowest BCUT2D eigenvalue weighted by Gasteiger charge is -2.28. The van der Waals surface area contributed by atoms with Crippen LogP contribution in [0.4, 0.5) is 0 Å². The first kappa shape index (κ1) is 13.8. The summed E-state index contributed by atoms with van der Waals surface area (Å²) in [4.78, 5) is 12.3. The molecule has 0 saturated carbocycles. The van der Waals surface area contributed by atoms with Crippen molar-refractivity contribution in [1.82, 2.24) is 5.32 Å². The fourth-order valence-electron chi connectivity index (χ4n) is 2.97. The largest absolute Gasteiger partial charge is 0.462 e. The molecule has 0 radical (unpaired) electrons. The highest BCUT2D eigenvalue weighted by Gasteiger charge is 2.42. The molecule has 0 aromatic rings. The summed E-state index contributed by atoms with van der Waals surface area (Å²) >= 11 is 0. The van der Waals surface area contributed by atoms with Crippen molar-refractivity contribution in [3.8, 4) is 0 Å². The van der Waals surface area contributed by atoms with Gasteiger partial charge in [0.1, 0.15) is 6.61 Å². The number of hydrogen-bond donors (Lipinski definition) is 1. The van der Waals surface area contributed by atoms with E-state index in [-0.39, 0.29) is 17.5 Å². The second-order valence-corrected chi connectivity index (χ2v) is 5.54. The van der Waals surface area contributed by atoms with Crippen molar-refractivity contribution >= 4 is 5.97 Å². The zero-order valence-electron chi connectivity index (χ0n) is 11.4. The minimum atomic E-state index is -0.274. The van der Waals surface area contributed by atoms with Crippen LogP contribution < -0.4 is 5.32 Å². The van der Waals surface area contributed by atoms with Crippen molar-refractivity contribution in [3.63, 3.8) is 0 Å². The van der Waals surface area contributed by atoms with Crippen molar-refractivity contribution in [2.24, 2.45) is 5.41 Å². The number of nitrogens with one attached hydrogen (secondary N) is 1. The molecule has 104 valence electrons. The molecular weight excluding hydrogens is 230 g/mol. The minimum Gasteiger partial charge on any atom is -0.462 e. The Bertz CT molecular complexity index is 268. The van der Waals surface area contributed by atoms with E-state index < -0.39 is 0 Å². The molecule has 0 aromatic heterocycles. The van der Waals surface area contributed by atoms with Crippen molar-refractivity contribution in [2.75, 3.05) is 26.3 Å². The molecular formula is C14H25NO3. The first-order valence-electron chi connectivity index (χ1n) is 7.26. The van der Waals surface area contributed by atoms with Gasteiger partial charge in [0.2, 0.25) is 0 Å². The van der Waals surface area contributed by atoms with E-state index in [4.69, 9.17) is 9.47 Å². The fourth-order valence-corrected chi connectivity index (χ4v) is 2.97. The lowest BCUT2D eigenvalue weighted by Crippen LogP contribution is -2.37. The van der Waals surface area contributed by atoms with Gasteiger partial charge in [0, 0.05) is 13.2 Å². The molecule has 0 spiro atoms. The van der Waals surface area contributed by atoms with E-state index in [2.05, 4.69) is 12.2 Å². The quantitative estimate of drug-likeness (QED) is 0.762. The molecule has 2 aliphatic heterocycles. The third-order valence-corrected chi connectivity index (χ3v) is 4.08. The van der Waals surface area contributed by atoms with Crippen molar-refractivity contribution < 1.29 is 14.3 Å². The molecule has 2 aliphatic rings. The molecule has 1 N–H and O–H groups in total. The van der Waals surface area contributed by atoms with Gasteiger partial charge < -0.3 is 14.8 Å². The van der Waals surface area contributed by atoms with Crippen LogP contribution in [-0.4, -0.2) is 38.4 Å². The second kappa shape index (κ2) is 6.53. The molecule has 2 fully saturated rings. The summed E-state index contributed by atoms with van der Waals surface area (Å²) in [6, 6.07) is 0. The average molecular weight is 255 g/mol. The summed E-state index contributed by atoms with van der Waals surface area (Å²) in [5.74, 6) is -0.0245. The third kappa shape index (κ3) is 3.23. The van der Waals surface area contributed by atoms with Crippen LogP contribution in [0.1, 0.15) is 45.4 Å². The van der Waals surface area contributed by atoms with Gasteiger partial charge in [0.05, 0.1) is 11.5 Å². The zero-order chi connectivity index (χ0) is 12.8. The van der Waals surface area contributed by atoms with Crippen LogP contribution in [0.3, 0.4) is 0 Å². The molecule has 0 aliphatic carbocycles. The minimum absolute atomic E-state index is 0.0245. The Labute approximate surface area is 109 Å². The van der Waals surface area contributed by atoms with Crippen LogP contribution in [0.5, 0.6) is 0 Å². The number of esters is 1. The molecule has 0 amide bonds. The number of ether oxygens (including phenoxy) is 2. The maximum atomic E-state index is 12.3. The predicted octanol–water partition coefficient (Wildman–Crippen LogP) is 1.88. The van der Waals surface area contributed by atoms with Crippen molar-refractivity contribution in [2.45, 2.75) is 51.6 Å². The number of rotatable bonds is 5. The smallest absolute Gasteiger partial charge is 0.313 e. The van der Waals surface area contributed by atoms with Crippen LogP contribution >= 0.6 is 0 Å². The Morgan fingerprint density at radius 1 is 1.50 bits per heavy atom. The van der Waals surface area contributed by atoms with Gasteiger partial charge in [-0.15, -0.1) is 0 Å². The van der Waals surface area contributed by atoms with Crippen LogP contribution in [0, 0.1) is 5.41 Å². The van der Waals surface area contributed by atoms with Crippen LogP contribution in [0.25, 0.3) is 0 Å². The van der Waals surface area contributed by atoms with Gasteiger partial charge in [-0.25, -0.2) is 0 Å². The van der Waals surface area contributed by atoms with Gasteiger partial charge in [-0.1, -0.05) is 13.3 Å². The highest BCUT2D eigenvalue weighted by Crippen LogP contribution is 2.32. The number of hydrogen-bond acceptors (Lipinski definition) is 4. The molecule has 2 saturated heterocycles. The first-order chi connectivity index (χ1) is 8.77. The Morgan fingerprint density at radius 2 is 2.39 bits per heavy atom. The molecule has 4 nitrogen and oxygen atoms in total. The van der Waals surface area contributed by atoms with Crippen molar-refractivity contribution in [1.29, 1.82) is 0 Å². The normalized spacial score (nSPS) is 32.4. The van der Waals surface area contributed by atoms with Crippen LogP contribution in [-0.2, 0) is 14.3 Å². The summed E-state index contributed by atoms with van der Waals surface area (Å²) in [6.45, 7) is 5.06. The van der Waals surface area contributed by atoms with Crippen LogP contribution in [0.15, 0.2) is 0 Å². The molecule has 18 heavy (non-hydrogen) atoms. The number of carbonyl (C=O) groups excluding carboxylic acids is 1. The lowest BCUT2D eigenvalue weighted by atomic mass is 9.82. The van der Waals surface area contributed by atoms with Gasteiger partial charge in [0.25, 0.3) is 0 Å². The van der Waals surface area contributed by atoms with Gasteiger partial charge in [0.15, 0.2) is 0 Å². The summed E-state index contributed by atoms with van der Waals surface area (Å²) in [5, 5.41) is 3.28. The van der Waals surface area contributed by atoms with E-state index >= 15 is 0 Å². The number of carbonyl (C=O) groups is 1. The predicted molar refractivity (Wildman–Crippen MR) is 69.4 cm³/mol. The highest BCUT2D eigenvalue weighted by molar-refractivity contribution is 5.77. The van der Waals surface area contributed by atoms with Gasteiger partial charge in [-0.3, -0.25) is 4.79 Å². The van der Waals surface area contributed by atoms with E-state index in [0.29, 0.717) is 6.61 Å². The van der Waals surface area contributed by atoms with E-state index in [1.165, 1.54) is 6.42 Å². The molecule has 0 bridgehead atoms. The van der Waals surface area contributed by atoms with Crippen molar-refractivity contribution in [3.05, 3.63) is 0 Å². The summed E-state index contributed by atoms with van der Waals surface area (Å²) in [7, 11) is 0. The van der Waals surface area contributed by atoms with E-state index in [1.54, 1.807) is 0 Å². The van der Waals surface area contributed by atoms with E-state index in [0.717, 1.165) is 51.8 Å². The molecule has 0 aromatic carbocycles. The zero-order valence-corrected chi connectivity index (χ0v) is 11.4. The summed E-state index contributed by atoms with van der Waals surface area (Å²) < 4.78 is 11.1. The van der Waals surface area contributed by atoms with E-state index in [1.807, 2.05) is 0 Å². The average Bonchev–Trinajstić information content (AvgIpc) is 2.87. The van der Waals surface area contributed by atoms with Gasteiger partial charge in [-0.2, -0.15) is 0 Å². The maximum Gasteiger partial charge on any atom is 0.313 e. The molecule has 4 heteroatoms. The van der Waals surface area contributed by atoms with Gasteiger partial charge in [-0.05, 0) is 38.6 Å². The monoisotopic (exact) mass is 255 g/mol. The Hall–Kier alpha value is -0.610. The maximum absolute atomic E-state index is 12.3.